The molecule has 4 rings (SSSR count). The minimum absolute atomic E-state index is 0.158. The molecule has 0 spiro atoms. The first-order chi connectivity index (χ1) is 12.6. The number of anilines is 1. The molecule has 0 saturated carbocycles. The lowest BCUT2D eigenvalue weighted by Gasteiger charge is -2.18. The van der Waals surface area contributed by atoms with E-state index >= 15 is 0 Å². The molecular weight excluding hydrogens is 320 g/mol. The molecule has 1 unspecified atom stereocenters. The van der Waals surface area contributed by atoms with Crippen LogP contribution in [0.4, 0.5) is 5.82 Å². The van der Waals surface area contributed by atoms with E-state index in [2.05, 4.69) is 54.6 Å². The predicted molar refractivity (Wildman–Crippen MR) is 107 cm³/mol. The van der Waals surface area contributed by atoms with Crippen LogP contribution < -0.4 is 5.73 Å². The third kappa shape index (κ3) is 2.54. The van der Waals surface area contributed by atoms with Crippen molar-refractivity contribution >= 4 is 16.9 Å². The zero-order valence-corrected chi connectivity index (χ0v) is 15.3. The second kappa shape index (κ2) is 6.30. The third-order valence-electron chi connectivity index (χ3n) is 5.13. The predicted octanol–water partition coefficient (Wildman–Crippen LogP) is 4.91. The van der Waals surface area contributed by atoms with Crippen LogP contribution in [0.1, 0.15) is 29.8 Å². The monoisotopic (exact) mass is 342 g/mol. The second-order valence-electron chi connectivity index (χ2n) is 6.66. The summed E-state index contributed by atoms with van der Waals surface area (Å²) in [6.07, 6.45) is 0. The fourth-order valence-electron chi connectivity index (χ4n) is 3.59. The molecule has 0 aliphatic heterocycles. The molecule has 130 valence electrons. The summed E-state index contributed by atoms with van der Waals surface area (Å²) < 4.78 is 2.27. The maximum atomic E-state index is 6.35. The summed E-state index contributed by atoms with van der Waals surface area (Å²) in [6.45, 7) is 6.41. The average Bonchev–Trinajstić information content (AvgIpc) is 2.93. The van der Waals surface area contributed by atoms with Gasteiger partial charge in [0.2, 0.25) is 0 Å². The van der Waals surface area contributed by atoms with Gasteiger partial charge in [-0.25, -0.2) is 9.97 Å². The van der Waals surface area contributed by atoms with E-state index in [0.29, 0.717) is 11.6 Å². The molecule has 1 atom stereocenters. The highest BCUT2D eigenvalue weighted by Gasteiger charge is 2.21. The molecule has 2 heterocycles. The number of hydrogen-bond donors (Lipinski definition) is 1. The van der Waals surface area contributed by atoms with E-state index < -0.39 is 0 Å². The second-order valence-corrected chi connectivity index (χ2v) is 6.66. The quantitative estimate of drug-likeness (QED) is 0.576. The van der Waals surface area contributed by atoms with Gasteiger partial charge in [0, 0.05) is 11.3 Å². The van der Waals surface area contributed by atoms with Crippen molar-refractivity contribution in [1.82, 2.24) is 14.5 Å². The number of fused-ring (bicyclic) bond motifs is 1. The van der Waals surface area contributed by atoms with Crippen molar-refractivity contribution in [1.29, 1.82) is 0 Å². The Morgan fingerprint density at radius 3 is 2.15 bits per heavy atom. The maximum Gasteiger partial charge on any atom is 0.163 e. The van der Waals surface area contributed by atoms with Crippen LogP contribution in [-0.4, -0.2) is 14.5 Å². The first-order valence-electron chi connectivity index (χ1n) is 8.83. The zero-order chi connectivity index (χ0) is 18.3. The number of aryl methyl sites for hydroxylation is 1. The van der Waals surface area contributed by atoms with E-state index in [9.17, 15) is 0 Å². The Bertz CT molecular complexity index is 1070. The van der Waals surface area contributed by atoms with Gasteiger partial charge in [-0.3, -0.25) is 0 Å². The number of rotatable bonds is 3. The van der Waals surface area contributed by atoms with Gasteiger partial charge in [0.1, 0.15) is 11.5 Å². The first kappa shape index (κ1) is 16.3. The van der Waals surface area contributed by atoms with Crippen molar-refractivity contribution in [3.63, 3.8) is 0 Å². The molecule has 4 nitrogen and oxygen atoms in total. The fourth-order valence-corrected chi connectivity index (χ4v) is 3.59. The molecule has 2 N–H and O–H groups in total. The topological polar surface area (TPSA) is 56.7 Å². The lowest BCUT2D eigenvalue weighted by Crippen LogP contribution is -2.10. The average molecular weight is 342 g/mol. The molecule has 4 aromatic rings. The number of hydrogen-bond acceptors (Lipinski definition) is 3. The Morgan fingerprint density at radius 1 is 0.885 bits per heavy atom. The minimum Gasteiger partial charge on any atom is -0.383 e. The summed E-state index contributed by atoms with van der Waals surface area (Å²) in [6, 6.07) is 20.6. The number of nitrogens with two attached hydrogens (primary N) is 1. The van der Waals surface area contributed by atoms with Crippen molar-refractivity contribution in [2.45, 2.75) is 26.8 Å². The van der Waals surface area contributed by atoms with Gasteiger partial charge in [0.15, 0.2) is 5.82 Å². The summed E-state index contributed by atoms with van der Waals surface area (Å²) in [7, 11) is 0. The van der Waals surface area contributed by atoms with Crippen LogP contribution in [0.2, 0.25) is 0 Å². The molecule has 2 aromatic carbocycles. The van der Waals surface area contributed by atoms with Crippen LogP contribution in [0.5, 0.6) is 0 Å². The van der Waals surface area contributed by atoms with Gasteiger partial charge in [0.05, 0.1) is 11.4 Å². The van der Waals surface area contributed by atoms with E-state index in [0.717, 1.165) is 22.2 Å². The Labute approximate surface area is 153 Å². The lowest BCUT2D eigenvalue weighted by atomic mass is 10.1. The largest absolute Gasteiger partial charge is 0.383 e. The molecule has 26 heavy (non-hydrogen) atoms. The Morgan fingerprint density at radius 2 is 1.50 bits per heavy atom. The third-order valence-corrected chi connectivity index (χ3v) is 5.13. The summed E-state index contributed by atoms with van der Waals surface area (Å²) in [5.74, 6) is 1.20. The SMILES string of the molecule is Cc1c(C)n(C(C)c2ccccc2)c2nc(-c3ccccc3)nc(N)c12. The van der Waals surface area contributed by atoms with E-state index in [-0.39, 0.29) is 6.04 Å². The first-order valence-corrected chi connectivity index (χ1v) is 8.83. The van der Waals surface area contributed by atoms with Crippen molar-refractivity contribution in [3.05, 3.63) is 77.5 Å². The lowest BCUT2D eigenvalue weighted by molar-refractivity contribution is 0.639. The Hall–Kier alpha value is -3.14. The van der Waals surface area contributed by atoms with E-state index in [1.54, 1.807) is 0 Å². The normalized spacial score (nSPS) is 12.4. The molecule has 0 fully saturated rings. The molecule has 4 heteroatoms. The van der Waals surface area contributed by atoms with Crippen molar-refractivity contribution in [2.75, 3.05) is 5.73 Å². The number of benzene rings is 2. The summed E-state index contributed by atoms with van der Waals surface area (Å²) in [4.78, 5) is 9.48. The molecule has 0 saturated heterocycles. The van der Waals surface area contributed by atoms with Crippen LogP contribution >= 0.6 is 0 Å². The van der Waals surface area contributed by atoms with Gasteiger partial charge < -0.3 is 10.3 Å². The molecule has 0 bridgehead atoms. The summed E-state index contributed by atoms with van der Waals surface area (Å²) in [5.41, 5.74) is 11.8. The van der Waals surface area contributed by atoms with Crippen LogP contribution in [0.3, 0.4) is 0 Å². The fraction of sp³-hybridized carbons (Fsp3) is 0.182. The summed E-state index contributed by atoms with van der Waals surface area (Å²) >= 11 is 0. The summed E-state index contributed by atoms with van der Waals surface area (Å²) in [5, 5.41) is 0.949. The van der Waals surface area contributed by atoms with Crippen LogP contribution in [0.15, 0.2) is 60.7 Å². The van der Waals surface area contributed by atoms with Crippen molar-refractivity contribution in [3.8, 4) is 11.4 Å². The smallest absolute Gasteiger partial charge is 0.163 e. The minimum atomic E-state index is 0.158. The van der Waals surface area contributed by atoms with Gasteiger partial charge in [-0.05, 0) is 31.9 Å². The van der Waals surface area contributed by atoms with Gasteiger partial charge in [-0.1, -0.05) is 60.7 Å². The zero-order valence-electron chi connectivity index (χ0n) is 15.3. The van der Waals surface area contributed by atoms with Crippen LogP contribution in [0.25, 0.3) is 22.4 Å². The highest BCUT2D eigenvalue weighted by atomic mass is 15.1. The standard InChI is InChI=1S/C22H22N4/c1-14-15(2)26(16(3)17-10-6-4-7-11-17)22-19(14)20(23)24-21(25-22)18-12-8-5-9-13-18/h4-13,16H,1-3H3,(H2,23,24,25). The van der Waals surface area contributed by atoms with Crippen LogP contribution in [-0.2, 0) is 0 Å². The highest BCUT2D eigenvalue weighted by Crippen LogP contribution is 2.34. The Balaban J connectivity index is 1.98. The number of nitrogens with zero attached hydrogens (tertiary/aromatic N) is 3. The number of nitrogen functional groups attached to an aromatic ring is 1. The highest BCUT2D eigenvalue weighted by molar-refractivity contribution is 5.92. The van der Waals surface area contributed by atoms with E-state index in [1.165, 1.54) is 11.3 Å². The van der Waals surface area contributed by atoms with Gasteiger partial charge in [-0.2, -0.15) is 0 Å². The van der Waals surface area contributed by atoms with Gasteiger partial charge in [-0.15, -0.1) is 0 Å². The van der Waals surface area contributed by atoms with Gasteiger partial charge >= 0.3 is 0 Å². The van der Waals surface area contributed by atoms with Crippen molar-refractivity contribution < 1.29 is 0 Å². The Kier molecular flexibility index (Phi) is 3.96. The van der Waals surface area contributed by atoms with Gasteiger partial charge in [0.25, 0.3) is 0 Å². The molecule has 0 amide bonds. The number of aromatic nitrogens is 3. The van der Waals surface area contributed by atoms with E-state index in [1.807, 2.05) is 36.4 Å². The molecule has 2 aromatic heterocycles. The molecule has 0 radical (unpaired) electrons. The molecular formula is C22H22N4. The molecule has 0 aliphatic carbocycles. The van der Waals surface area contributed by atoms with Crippen LogP contribution in [0, 0.1) is 13.8 Å². The maximum absolute atomic E-state index is 6.35. The molecule has 0 aliphatic rings. The van der Waals surface area contributed by atoms with E-state index in [4.69, 9.17) is 10.7 Å². The van der Waals surface area contributed by atoms with Crippen molar-refractivity contribution in [2.24, 2.45) is 0 Å².